The molecule has 1 saturated carbocycles. The van der Waals surface area contributed by atoms with Gasteiger partial charge in [0.15, 0.2) is 0 Å². The molecule has 1 aromatic carbocycles. The third kappa shape index (κ3) is 4.80. The molecule has 2 rings (SSSR count). The Kier molecular flexibility index (Phi) is 5.07. The van der Waals surface area contributed by atoms with E-state index in [1.807, 2.05) is 27.7 Å². The number of ether oxygens (including phenoxy) is 1. The summed E-state index contributed by atoms with van der Waals surface area (Å²) >= 11 is 0. The lowest BCUT2D eigenvalue weighted by Crippen LogP contribution is -2.26. The van der Waals surface area contributed by atoms with E-state index in [-0.39, 0.29) is 16.5 Å². The maximum Gasteiger partial charge on any atom is 0.126 e. The standard InChI is InChI=1S/C17H25FO2S/c1-12(11-21(19)17(2,3)4)15-9-14(7-8-16(15)18)20-10-13-5-6-13/h7-9,12-13H,5-6,10-11H2,1-4H3/t12-,21-/m1/s1. The minimum atomic E-state index is -0.991. The van der Waals surface area contributed by atoms with E-state index in [0.717, 1.165) is 0 Å². The van der Waals surface area contributed by atoms with Crippen LogP contribution in [-0.4, -0.2) is 21.3 Å². The Morgan fingerprint density at radius 3 is 2.62 bits per heavy atom. The van der Waals surface area contributed by atoms with Crippen LogP contribution in [0.3, 0.4) is 0 Å². The van der Waals surface area contributed by atoms with E-state index in [0.29, 0.717) is 29.6 Å². The minimum Gasteiger partial charge on any atom is -0.493 e. The van der Waals surface area contributed by atoms with Crippen molar-refractivity contribution in [3.05, 3.63) is 29.6 Å². The molecular weight excluding hydrogens is 287 g/mol. The van der Waals surface area contributed by atoms with Crippen LogP contribution < -0.4 is 4.74 Å². The van der Waals surface area contributed by atoms with Gasteiger partial charge in [-0.25, -0.2) is 4.39 Å². The Bertz CT molecular complexity index is 518. The normalized spacial score (nSPS) is 18.3. The second-order valence-corrected chi connectivity index (χ2v) is 9.21. The van der Waals surface area contributed by atoms with Gasteiger partial charge in [0.1, 0.15) is 11.6 Å². The molecule has 0 N–H and O–H groups in total. The first-order chi connectivity index (χ1) is 9.77. The van der Waals surface area contributed by atoms with Crippen molar-refractivity contribution in [2.75, 3.05) is 12.4 Å². The van der Waals surface area contributed by atoms with Gasteiger partial charge in [0.2, 0.25) is 0 Å². The summed E-state index contributed by atoms with van der Waals surface area (Å²) in [5.74, 6) is 1.52. The van der Waals surface area contributed by atoms with Crippen LogP contribution in [-0.2, 0) is 10.8 Å². The molecule has 2 atom stereocenters. The van der Waals surface area contributed by atoms with Crippen LogP contribution in [0.4, 0.5) is 4.39 Å². The van der Waals surface area contributed by atoms with Crippen LogP contribution in [0.1, 0.15) is 52.0 Å². The third-order valence-electron chi connectivity index (χ3n) is 3.77. The molecule has 2 nitrogen and oxygen atoms in total. The van der Waals surface area contributed by atoms with Crippen molar-refractivity contribution in [1.29, 1.82) is 0 Å². The quantitative estimate of drug-likeness (QED) is 0.784. The van der Waals surface area contributed by atoms with Crippen molar-refractivity contribution in [3.8, 4) is 5.75 Å². The van der Waals surface area contributed by atoms with Crippen LogP contribution in [0.2, 0.25) is 0 Å². The highest BCUT2D eigenvalue weighted by Crippen LogP contribution is 2.31. The maximum atomic E-state index is 14.0. The van der Waals surface area contributed by atoms with Gasteiger partial charge < -0.3 is 4.74 Å². The predicted molar refractivity (Wildman–Crippen MR) is 85.8 cm³/mol. The number of halogens is 1. The molecule has 4 heteroatoms. The van der Waals surface area contributed by atoms with Crippen molar-refractivity contribution >= 4 is 10.8 Å². The van der Waals surface area contributed by atoms with Crippen LogP contribution >= 0.6 is 0 Å². The molecule has 1 aromatic rings. The number of rotatable bonds is 6. The molecule has 118 valence electrons. The summed E-state index contributed by atoms with van der Waals surface area (Å²) in [6.07, 6.45) is 2.46. The zero-order chi connectivity index (χ0) is 15.6. The van der Waals surface area contributed by atoms with Gasteiger partial charge in [-0.3, -0.25) is 4.21 Å². The topological polar surface area (TPSA) is 26.3 Å². The fourth-order valence-electron chi connectivity index (χ4n) is 2.05. The summed E-state index contributed by atoms with van der Waals surface area (Å²) in [4.78, 5) is 0. The smallest absolute Gasteiger partial charge is 0.126 e. The summed E-state index contributed by atoms with van der Waals surface area (Å²) in [7, 11) is -0.991. The minimum absolute atomic E-state index is 0.0884. The predicted octanol–water partition coefficient (Wildman–Crippen LogP) is 4.27. The van der Waals surface area contributed by atoms with Crippen LogP contribution in [0, 0.1) is 11.7 Å². The van der Waals surface area contributed by atoms with E-state index in [9.17, 15) is 8.60 Å². The van der Waals surface area contributed by atoms with Crippen LogP contribution in [0.25, 0.3) is 0 Å². The van der Waals surface area contributed by atoms with E-state index in [1.165, 1.54) is 18.9 Å². The van der Waals surface area contributed by atoms with Gasteiger partial charge in [-0.1, -0.05) is 6.92 Å². The highest BCUT2D eigenvalue weighted by Gasteiger charge is 2.24. The molecule has 0 spiro atoms. The molecule has 1 aliphatic rings. The van der Waals surface area contributed by atoms with Crippen LogP contribution in [0.5, 0.6) is 5.75 Å². The molecule has 0 radical (unpaired) electrons. The number of benzene rings is 1. The Morgan fingerprint density at radius 1 is 1.38 bits per heavy atom. The van der Waals surface area contributed by atoms with E-state index < -0.39 is 10.8 Å². The summed E-state index contributed by atoms with van der Waals surface area (Å²) in [6.45, 7) is 8.48. The number of hydrogen-bond acceptors (Lipinski definition) is 2. The second-order valence-electron chi connectivity index (χ2n) is 6.96. The number of hydrogen-bond donors (Lipinski definition) is 0. The Morgan fingerprint density at radius 2 is 2.05 bits per heavy atom. The largest absolute Gasteiger partial charge is 0.493 e. The van der Waals surface area contributed by atoms with Crippen molar-refractivity contribution in [1.82, 2.24) is 0 Å². The molecule has 0 amide bonds. The molecule has 0 saturated heterocycles. The molecule has 0 unspecified atom stereocenters. The SMILES string of the molecule is C[C@H](C[S@@](=O)C(C)(C)C)c1cc(OCC2CC2)ccc1F. The molecule has 0 bridgehead atoms. The first-order valence-electron chi connectivity index (χ1n) is 7.58. The average molecular weight is 312 g/mol. The van der Waals surface area contributed by atoms with Gasteiger partial charge in [0.25, 0.3) is 0 Å². The van der Waals surface area contributed by atoms with Gasteiger partial charge >= 0.3 is 0 Å². The fourth-order valence-corrected chi connectivity index (χ4v) is 3.19. The summed E-state index contributed by atoms with van der Waals surface area (Å²) in [5, 5.41) is 0. The molecule has 0 aromatic heterocycles. The highest BCUT2D eigenvalue weighted by atomic mass is 32.2. The Hall–Kier alpha value is -0.900. The lowest BCUT2D eigenvalue weighted by atomic mass is 10.0. The van der Waals surface area contributed by atoms with Gasteiger partial charge in [-0.05, 0) is 69.2 Å². The molecule has 21 heavy (non-hydrogen) atoms. The molecular formula is C17H25FO2S. The summed E-state index contributed by atoms with van der Waals surface area (Å²) in [6, 6.07) is 4.89. The zero-order valence-corrected chi connectivity index (χ0v) is 14.1. The Balaban J connectivity index is 2.05. The van der Waals surface area contributed by atoms with E-state index in [4.69, 9.17) is 4.74 Å². The molecule has 0 aliphatic heterocycles. The van der Waals surface area contributed by atoms with Gasteiger partial charge in [-0.2, -0.15) is 0 Å². The van der Waals surface area contributed by atoms with Crippen molar-refractivity contribution in [2.45, 2.75) is 51.2 Å². The first-order valence-corrected chi connectivity index (χ1v) is 8.90. The zero-order valence-electron chi connectivity index (χ0n) is 13.3. The second kappa shape index (κ2) is 6.47. The fraction of sp³-hybridized carbons (Fsp3) is 0.647. The van der Waals surface area contributed by atoms with E-state index in [2.05, 4.69) is 0 Å². The molecule has 1 fully saturated rings. The van der Waals surface area contributed by atoms with Crippen molar-refractivity contribution in [3.63, 3.8) is 0 Å². The highest BCUT2D eigenvalue weighted by molar-refractivity contribution is 7.86. The third-order valence-corrected chi connectivity index (χ3v) is 5.93. The average Bonchev–Trinajstić information content (AvgIpc) is 3.20. The first kappa shape index (κ1) is 16.5. The van der Waals surface area contributed by atoms with Gasteiger partial charge in [0, 0.05) is 21.3 Å². The molecule has 1 aliphatic carbocycles. The monoisotopic (exact) mass is 312 g/mol. The van der Waals surface area contributed by atoms with Crippen molar-refractivity contribution < 1.29 is 13.3 Å². The maximum absolute atomic E-state index is 14.0. The van der Waals surface area contributed by atoms with E-state index in [1.54, 1.807) is 12.1 Å². The van der Waals surface area contributed by atoms with Crippen LogP contribution in [0.15, 0.2) is 18.2 Å². The Labute approximate surface area is 129 Å². The van der Waals surface area contributed by atoms with Gasteiger partial charge in [0.05, 0.1) is 6.61 Å². The summed E-state index contributed by atoms with van der Waals surface area (Å²) < 4.78 is 31.7. The van der Waals surface area contributed by atoms with Crippen molar-refractivity contribution in [2.24, 2.45) is 5.92 Å². The molecule has 0 heterocycles. The lowest BCUT2D eigenvalue weighted by Gasteiger charge is -2.21. The van der Waals surface area contributed by atoms with E-state index >= 15 is 0 Å². The van der Waals surface area contributed by atoms with Gasteiger partial charge in [-0.15, -0.1) is 0 Å². The summed E-state index contributed by atoms with van der Waals surface area (Å²) in [5.41, 5.74) is 0.598. The lowest BCUT2D eigenvalue weighted by molar-refractivity contribution is 0.299.